The Labute approximate surface area is 141 Å². The Balaban J connectivity index is 2.25. The summed E-state index contributed by atoms with van der Waals surface area (Å²) in [4.78, 5) is 41.1. The van der Waals surface area contributed by atoms with Gasteiger partial charge in [-0.1, -0.05) is 0 Å². The van der Waals surface area contributed by atoms with E-state index in [0.29, 0.717) is 12.1 Å². The molecule has 0 aliphatic rings. The van der Waals surface area contributed by atoms with Gasteiger partial charge in [0.25, 0.3) is 11.6 Å². The smallest absolute Gasteiger partial charge is 0.433 e. The van der Waals surface area contributed by atoms with Crippen molar-refractivity contribution in [2.24, 2.45) is 5.10 Å². The molecule has 0 fully saturated rings. The lowest BCUT2D eigenvalue weighted by Gasteiger charge is -2.03. The van der Waals surface area contributed by atoms with E-state index in [2.05, 4.69) is 5.10 Å². The summed E-state index contributed by atoms with van der Waals surface area (Å²) < 4.78 is 4.73. The Kier molecular flexibility index (Phi) is 4.87. The molecule has 0 aliphatic heterocycles. The second-order valence-electron chi connectivity index (χ2n) is 4.51. The summed E-state index contributed by atoms with van der Waals surface area (Å²) in [5, 5.41) is 45.2. The predicted octanol–water partition coefficient (Wildman–Crippen LogP) is 1.47. The molecule has 0 saturated carbocycles. The summed E-state index contributed by atoms with van der Waals surface area (Å²) in [6, 6.07) is 3.35. The highest BCUT2D eigenvalue weighted by Gasteiger charge is 2.27. The summed E-state index contributed by atoms with van der Waals surface area (Å²) in [7, 11) is 0. The minimum atomic E-state index is -1.19. The Morgan fingerprint density at radius 3 is 2.35 bits per heavy atom. The number of amides is 1. The van der Waals surface area contributed by atoms with Crippen LogP contribution in [-0.4, -0.2) is 32.0 Å². The minimum Gasteiger partial charge on any atom is -0.502 e. The number of nitrogens with one attached hydrogen (secondary N) is 1. The van der Waals surface area contributed by atoms with Gasteiger partial charge in [-0.3, -0.25) is 35.1 Å². The van der Waals surface area contributed by atoms with Gasteiger partial charge in [0.2, 0.25) is 5.75 Å². The molecule has 0 spiro atoms. The van der Waals surface area contributed by atoms with Crippen LogP contribution < -0.4 is 5.43 Å². The van der Waals surface area contributed by atoms with Crippen molar-refractivity contribution in [3.63, 3.8) is 0 Å². The zero-order valence-corrected chi connectivity index (χ0v) is 12.4. The highest BCUT2D eigenvalue weighted by Crippen LogP contribution is 2.34. The molecule has 2 N–H and O–H groups in total. The largest absolute Gasteiger partial charge is 0.502 e. The molecule has 1 aromatic heterocycles. The van der Waals surface area contributed by atoms with Crippen molar-refractivity contribution in [2.75, 3.05) is 0 Å². The predicted molar refractivity (Wildman–Crippen MR) is 81.8 cm³/mol. The van der Waals surface area contributed by atoms with E-state index < -0.39 is 49.2 Å². The molecule has 134 valence electrons. The molecule has 0 bridgehead atoms. The number of nitro groups is 3. The third-order valence-electron chi connectivity index (χ3n) is 2.88. The Hall–Kier alpha value is -4.36. The highest BCUT2D eigenvalue weighted by molar-refractivity contribution is 5.99. The maximum atomic E-state index is 11.9. The summed E-state index contributed by atoms with van der Waals surface area (Å²) in [6.07, 6.45) is 0.883. The molecular weight excluding hydrogens is 358 g/mol. The number of hydrogen-bond acceptors (Lipinski definition) is 10. The van der Waals surface area contributed by atoms with E-state index in [1.54, 1.807) is 0 Å². The lowest BCUT2D eigenvalue weighted by Crippen LogP contribution is -2.18. The van der Waals surface area contributed by atoms with Crippen LogP contribution in [0, 0.1) is 30.3 Å². The van der Waals surface area contributed by atoms with E-state index in [9.17, 15) is 40.2 Å². The number of furan rings is 1. The van der Waals surface area contributed by atoms with Gasteiger partial charge in [-0.15, -0.1) is 0 Å². The van der Waals surface area contributed by atoms with Crippen LogP contribution in [0.15, 0.2) is 33.8 Å². The first-order valence-corrected chi connectivity index (χ1v) is 6.44. The Morgan fingerprint density at radius 2 is 1.81 bits per heavy atom. The van der Waals surface area contributed by atoms with Gasteiger partial charge >= 0.3 is 11.6 Å². The van der Waals surface area contributed by atoms with Crippen LogP contribution in [-0.2, 0) is 0 Å². The zero-order chi connectivity index (χ0) is 19.4. The molecule has 1 amide bonds. The first-order valence-electron chi connectivity index (χ1n) is 6.44. The van der Waals surface area contributed by atoms with Crippen LogP contribution in [0.5, 0.6) is 5.75 Å². The number of nitro benzene ring substituents is 2. The van der Waals surface area contributed by atoms with E-state index in [1.807, 2.05) is 5.43 Å². The second kappa shape index (κ2) is 7.04. The number of benzene rings is 1. The van der Waals surface area contributed by atoms with Crippen molar-refractivity contribution in [1.82, 2.24) is 5.43 Å². The molecule has 2 aromatic rings. The van der Waals surface area contributed by atoms with E-state index >= 15 is 0 Å². The molecule has 1 aromatic carbocycles. The van der Waals surface area contributed by atoms with Crippen LogP contribution in [0.3, 0.4) is 0 Å². The number of carbonyl (C=O) groups excluding carboxylic acids is 1. The molecule has 0 atom stereocenters. The summed E-state index contributed by atoms with van der Waals surface area (Å²) in [6.45, 7) is 0. The monoisotopic (exact) mass is 365 g/mol. The molecule has 26 heavy (non-hydrogen) atoms. The average molecular weight is 365 g/mol. The van der Waals surface area contributed by atoms with Gasteiger partial charge in [0.1, 0.15) is 4.92 Å². The molecule has 14 heteroatoms. The molecule has 2 rings (SSSR count). The molecule has 0 unspecified atom stereocenters. The number of aromatic hydroxyl groups is 1. The van der Waals surface area contributed by atoms with E-state index in [1.165, 1.54) is 6.07 Å². The van der Waals surface area contributed by atoms with Crippen molar-refractivity contribution in [2.45, 2.75) is 0 Å². The van der Waals surface area contributed by atoms with Crippen molar-refractivity contribution >= 4 is 29.4 Å². The molecule has 0 aliphatic carbocycles. The fraction of sp³-hybridized carbons (Fsp3) is 0. The van der Waals surface area contributed by atoms with Gasteiger partial charge in [-0.2, -0.15) is 5.10 Å². The van der Waals surface area contributed by atoms with Crippen LogP contribution in [0.2, 0.25) is 0 Å². The van der Waals surface area contributed by atoms with Crippen molar-refractivity contribution in [1.29, 1.82) is 0 Å². The first-order chi connectivity index (χ1) is 12.2. The third-order valence-corrected chi connectivity index (χ3v) is 2.88. The number of non-ortho nitro benzene ring substituents is 1. The highest BCUT2D eigenvalue weighted by atomic mass is 16.7. The zero-order valence-electron chi connectivity index (χ0n) is 12.4. The maximum absolute atomic E-state index is 11.9. The Bertz CT molecular complexity index is 949. The van der Waals surface area contributed by atoms with Crippen molar-refractivity contribution in [3.05, 3.63) is 65.9 Å². The number of hydrogen-bond donors (Lipinski definition) is 2. The van der Waals surface area contributed by atoms with Gasteiger partial charge in [0.05, 0.1) is 33.8 Å². The number of nitrogens with zero attached hydrogens (tertiary/aromatic N) is 4. The summed E-state index contributed by atoms with van der Waals surface area (Å²) in [5.74, 6) is -2.93. The van der Waals surface area contributed by atoms with Gasteiger partial charge in [0, 0.05) is 6.07 Å². The molecule has 1 heterocycles. The van der Waals surface area contributed by atoms with E-state index in [4.69, 9.17) is 4.42 Å². The SMILES string of the molecule is O=C(N/N=C/c1ccc([N+](=O)[O-])o1)c1cc([N+](=O)[O-])cc([N+](=O)[O-])c1O. The third kappa shape index (κ3) is 3.75. The van der Waals surface area contributed by atoms with Crippen LogP contribution in [0.25, 0.3) is 0 Å². The standard InChI is InChI=1S/C12H7N5O9/c18-11-8(3-6(15(20)21)4-9(11)16(22)23)12(19)14-13-5-7-1-2-10(26-7)17(24)25/h1-5,18H,(H,14,19)/b13-5+. The Morgan fingerprint density at radius 1 is 1.12 bits per heavy atom. The van der Waals surface area contributed by atoms with Gasteiger partial charge in [-0.05, 0) is 6.07 Å². The number of carbonyl (C=O) groups is 1. The lowest BCUT2D eigenvalue weighted by atomic mass is 10.1. The molecule has 14 nitrogen and oxygen atoms in total. The normalized spacial score (nSPS) is 10.6. The molecule has 0 radical (unpaired) electrons. The van der Waals surface area contributed by atoms with Gasteiger partial charge in [0.15, 0.2) is 5.76 Å². The summed E-state index contributed by atoms with van der Waals surface area (Å²) >= 11 is 0. The van der Waals surface area contributed by atoms with Gasteiger partial charge < -0.3 is 9.52 Å². The average Bonchev–Trinajstić information content (AvgIpc) is 3.03. The summed E-state index contributed by atoms with van der Waals surface area (Å²) in [5.41, 5.74) is -0.721. The van der Waals surface area contributed by atoms with E-state index in [0.717, 1.165) is 12.3 Å². The number of phenolic OH excluding ortho intramolecular Hbond substituents is 1. The van der Waals surface area contributed by atoms with Crippen LogP contribution in [0.1, 0.15) is 16.1 Å². The van der Waals surface area contributed by atoms with Crippen LogP contribution >= 0.6 is 0 Å². The van der Waals surface area contributed by atoms with Crippen molar-refractivity contribution in [3.8, 4) is 5.75 Å². The molecular formula is C12H7N5O9. The quantitative estimate of drug-likeness (QED) is 0.431. The number of phenols is 1. The number of hydrazone groups is 1. The van der Waals surface area contributed by atoms with Crippen molar-refractivity contribution < 1.29 is 29.1 Å². The van der Waals surface area contributed by atoms with E-state index in [-0.39, 0.29) is 5.76 Å². The maximum Gasteiger partial charge on any atom is 0.433 e. The number of rotatable bonds is 6. The fourth-order valence-corrected chi connectivity index (χ4v) is 1.75. The first kappa shape index (κ1) is 18.0. The van der Waals surface area contributed by atoms with Gasteiger partial charge in [-0.25, -0.2) is 5.43 Å². The fourth-order valence-electron chi connectivity index (χ4n) is 1.75. The minimum absolute atomic E-state index is 0.0914. The van der Waals surface area contributed by atoms with Crippen LogP contribution in [0.4, 0.5) is 17.3 Å². The molecule has 0 saturated heterocycles. The topological polar surface area (TPSA) is 204 Å². The second-order valence-corrected chi connectivity index (χ2v) is 4.51. The lowest BCUT2D eigenvalue weighted by molar-refractivity contribution is -0.402.